The molecule has 0 aliphatic carbocycles. The fourth-order valence-electron chi connectivity index (χ4n) is 2.28. The van der Waals surface area contributed by atoms with Gasteiger partial charge >= 0.3 is 0 Å². The molecule has 0 amide bonds. The molecule has 0 aromatic carbocycles. The smallest absolute Gasteiger partial charge is 0.215 e. The number of hydrogen-bond donors (Lipinski definition) is 0. The average molecular weight is 308 g/mol. The first-order valence-electron chi connectivity index (χ1n) is 6.24. The minimum absolute atomic E-state index is 0.139. The molecule has 104 valence electrons. The van der Waals surface area contributed by atoms with E-state index in [0.29, 0.717) is 11.8 Å². The minimum Gasteiger partial charge on any atom is -0.481 e. The molecule has 0 saturated heterocycles. The summed E-state index contributed by atoms with van der Waals surface area (Å²) in [6.07, 6.45) is 0. The van der Waals surface area contributed by atoms with E-state index in [1.54, 1.807) is 18.4 Å². The normalized spacial score (nSPS) is 12.8. The second-order valence-electron chi connectivity index (χ2n) is 4.46. The van der Waals surface area contributed by atoms with Gasteiger partial charge in [-0.15, -0.1) is 11.6 Å². The van der Waals surface area contributed by atoms with Crippen LogP contribution in [0.3, 0.4) is 0 Å². The Morgan fingerprint density at radius 2 is 2.20 bits per heavy atom. The van der Waals surface area contributed by atoms with Crippen molar-refractivity contribution >= 4 is 34.1 Å². The fraction of sp³-hybridized carbons (Fsp3) is 0.286. The standard InChI is InChI=1S/C14H14ClN3OS/c1-9(10-5-6-20-8-10)18-12(7-15)16-11-3-4-13(19-2)17-14(11)18/h3-6,8-9H,7H2,1-2H3. The largest absolute Gasteiger partial charge is 0.481 e. The predicted octanol–water partition coefficient (Wildman–Crippen LogP) is 3.85. The lowest BCUT2D eigenvalue weighted by Gasteiger charge is -2.15. The van der Waals surface area contributed by atoms with E-state index in [0.717, 1.165) is 17.0 Å². The first-order valence-corrected chi connectivity index (χ1v) is 7.72. The van der Waals surface area contributed by atoms with Gasteiger partial charge in [0, 0.05) is 6.07 Å². The third kappa shape index (κ3) is 2.17. The average Bonchev–Trinajstić information content (AvgIpc) is 3.12. The van der Waals surface area contributed by atoms with Crippen LogP contribution in [0.2, 0.25) is 0 Å². The quantitative estimate of drug-likeness (QED) is 0.687. The summed E-state index contributed by atoms with van der Waals surface area (Å²) >= 11 is 7.72. The van der Waals surface area contributed by atoms with Gasteiger partial charge in [0.2, 0.25) is 5.88 Å². The molecule has 3 rings (SSSR count). The van der Waals surface area contributed by atoms with E-state index in [4.69, 9.17) is 16.3 Å². The van der Waals surface area contributed by atoms with Gasteiger partial charge in [0.25, 0.3) is 0 Å². The highest BCUT2D eigenvalue weighted by Crippen LogP contribution is 2.28. The van der Waals surface area contributed by atoms with E-state index < -0.39 is 0 Å². The number of rotatable bonds is 4. The Bertz CT molecular complexity index is 723. The number of nitrogens with zero attached hydrogens (tertiary/aromatic N) is 3. The van der Waals surface area contributed by atoms with Gasteiger partial charge in [-0.25, -0.2) is 4.98 Å². The summed E-state index contributed by atoms with van der Waals surface area (Å²) in [7, 11) is 1.61. The lowest BCUT2D eigenvalue weighted by atomic mass is 10.2. The van der Waals surface area contributed by atoms with Crippen molar-refractivity contribution in [2.75, 3.05) is 7.11 Å². The van der Waals surface area contributed by atoms with Crippen LogP contribution in [0.15, 0.2) is 29.0 Å². The molecule has 20 heavy (non-hydrogen) atoms. The third-order valence-corrected chi connectivity index (χ3v) is 4.27. The van der Waals surface area contributed by atoms with E-state index in [-0.39, 0.29) is 6.04 Å². The van der Waals surface area contributed by atoms with E-state index in [2.05, 4.69) is 38.3 Å². The maximum atomic E-state index is 6.04. The van der Waals surface area contributed by atoms with Gasteiger partial charge in [-0.1, -0.05) is 0 Å². The van der Waals surface area contributed by atoms with Crippen LogP contribution in [0.4, 0.5) is 0 Å². The summed E-state index contributed by atoms with van der Waals surface area (Å²) in [5.74, 6) is 1.76. The van der Waals surface area contributed by atoms with Crippen LogP contribution in [-0.4, -0.2) is 21.6 Å². The molecule has 0 fully saturated rings. The zero-order valence-electron chi connectivity index (χ0n) is 11.2. The number of thiophene rings is 1. The summed E-state index contributed by atoms with van der Waals surface area (Å²) in [4.78, 5) is 9.07. The number of halogens is 1. The number of pyridine rings is 1. The van der Waals surface area contributed by atoms with Gasteiger partial charge in [-0.2, -0.15) is 16.3 Å². The first-order chi connectivity index (χ1) is 9.74. The molecule has 0 aliphatic rings. The zero-order chi connectivity index (χ0) is 14.1. The van der Waals surface area contributed by atoms with Crippen molar-refractivity contribution in [1.82, 2.24) is 14.5 Å². The fourth-order valence-corrected chi connectivity index (χ4v) is 3.22. The van der Waals surface area contributed by atoms with Crippen molar-refractivity contribution in [2.24, 2.45) is 0 Å². The van der Waals surface area contributed by atoms with Crippen molar-refractivity contribution in [3.63, 3.8) is 0 Å². The van der Waals surface area contributed by atoms with Gasteiger partial charge in [0.05, 0.1) is 19.0 Å². The summed E-state index contributed by atoms with van der Waals surface area (Å²) in [5, 5.41) is 4.20. The Morgan fingerprint density at radius 1 is 1.35 bits per heavy atom. The number of ether oxygens (including phenoxy) is 1. The molecule has 0 aliphatic heterocycles. The molecule has 6 heteroatoms. The minimum atomic E-state index is 0.139. The van der Waals surface area contributed by atoms with E-state index >= 15 is 0 Å². The van der Waals surface area contributed by atoms with Gasteiger partial charge in [-0.05, 0) is 35.4 Å². The SMILES string of the molecule is COc1ccc2nc(CCl)n(C(C)c3ccsc3)c2n1. The molecule has 3 aromatic rings. The van der Waals surface area contributed by atoms with Gasteiger partial charge in [0.15, 0.2) is 5.65 Å². The summed E-state index contributed by atoms with van der Waals surface area (Å²) in [6, 6.07) is 5.97. The maximum Gasteiger partial charge on any atom is 0.215 e. The summed E-state index contributed by atoms with van der Waals surface area (Å²) in [6.45, 7) is 2.13. The lowest BCUT2D eigenvalue weighted by molar-refractivity contribution is 0.398. The van der Waals surface area contributed by atoms with Crippen LogP contribution in [0.1, 0.15) is 24.4 Å². The van der Waals surface area contributed by atoms with Gasteiger partial charge in [0.1, 0.15) is 11.3 Å². The highest BCUT2D eigenvalue weighted by atomic mass is 35.5. The van der Waals surface area contributed by atoms with Crippen molar-refractivity contribution in [3.05, 3.63) is 40.3 Å². The maximum absolute atomic E-state index is 6.04. The monoisotopic (exact) mass is 307 g/mol. The van der Waals surface area contributed by atoms with Crippen molar-refractivity contribution in [1.29, 1.82) is 0 Å². The third-order valence-electron chi connectivity index (χ3n) is 3.33. The lowest BCUT2D eigenvalue weighted by Crippen LogP contribution is -2.10. The van der Waals surface area contributed by atoms with Crippen LogP contribution in [0, 0.1) is 0 Å². The second kappa shape index (κ2) is 5.42. The molecule has 0 bridgehead atoms. The second-order valence-corrected chi connectivity index (χ2v) is 5.51. The predicted molar refractivity (Wildman–Crippen MR) is 81.8 cm³/mol. The Labute approximate surface area is 126 Å². The Morgan fingerprint density at radius 3 is 2.85 bits per heavy atom. The molecule has 0 radical (unpaired) electrons. The molecular weight excluding hydrogens is 294 g/mol. The van der Waals surface area contributed by atoms with Gasteiger partial charge < -0.3 is 9.30 Å². The molecular formula is C14H14ClN3OS. The molecule has 3 heterocycles. The zero-order valence-corrected chi connectivity index (χ0v) is 12.8. The van der Waals surface area contributed by atoms with Crippen molar-refractivity contribution in [2.45, 2.75) is 18.8 Å². The molecule has 3 aromatic heterocycles. The Kier molecular flexibility index (Phi) is 3.63. The molecule has 0 spiro atoms. The number of methoxy groups -OCH3 is 1. The Hall–Kier alpha value is -1.59. The number of imidazole rings is 1. The molecule has 1 unspecified atom stereocenters. The highest BCUT2D eigenvalue weighted by Gasteiger charge is 2.18. The van der Waals surface area contributed by atoms with Crippen molar-refractivity contribution < 1.29 is 4.74 Å². The van der Waals surface area contributed by atoms with Crippen LogP contribution < -0.4 is 4.74 Å². The van der Waals surface area contributed by atoms with Crippen LogP contribution in [0.25, 0.3) is 11.2 Å². The van der Waals surface area contributed by atoms with Crippen molar-refractivity contribution in [3.8, 4) is 5.88 Å². The first kappa shape index (κ1) is 13.4. The summed E-state index contributed by atoms with van der Waals surface area (Å²) in [5.41, 5.74) is 2.87. The highest BCUT2D eigenvalue weighted by molar-refractivity contribution is 7.07. The number of hydrogen-bond acceptors (Lipinski definition) is 4. The van der Waals surface area contributed by atoms with E-state index in [9.17, 15) is 0 Å². The molecule has 0 N–H and O–H groups in total. The molecule has 4 nitrogen and oxygen atoms in total. The summed E-state index contributed by atoms with van der Waals surface area (Å²) < 4.78 is 7.28. The molecule has 1 atom stereocenters. The topological polar surface area (TPSA) is 39.9 Å². The Balaban J connectivity index is 2.20. The van der Waals surface area contributed by atoms with E-state index in [1.807, 2.05) is 12.1 Å². The number of aromatic nitrogens is 3. The number of fused-ring (bicyclic) bond motifs is 1. The van der Waals surface area contributed by atoms with E-state index in [1.165, 1.54) is 5.56 Å². The molecule has 0 saturated carbocycles. The number of alkyl halides is 1. The van der Waals surface area contributed by atoms with Crippen LogP contribution in [-0.2, 0) is 5.88 Å². The van der Waals surface area contributed by atoms with Crippen LogP contribution in [0.5, 0.6) is 5.88 Å². The van der Waals surface area contributed by atoms with Crippen LogP contribution >= 0.6 is 22.9 Å². The van der Waals surface area contributed by atoms with Gasteiger partial charge in [-0.3, -0.25) is 0 Å².